The average molecular weight is 2070 g/mol. The first kappa shape index (κ1) is 107. The zero-order valence-electron chi connectivity index (χ0n) is 76.4. The van der Waals surface area contributed by atoms with Crippen LogP contribution in [0.1, 0.15) is 154 Å². The molecule has 143 heavy (non-hydrogen) atoms. The number of nitrogens with one attached hydrogen (secondary N) is 8. The summed E-state index contributed by atoms with van der Waals surface area (Å²) < 4.78 is 70.5. The fraction of sp³-hybridized carbons (Fsp3) is 0.447. The molecule has 49 heteroatoms. The van der Waals surface area contributed by atoms with E-state index in [1.54, 1.807) is 0 Å². The number of carbonyl (C=O) groups excluding carboxylic acids is 10. The Labute approximate surface area is 828 Å². The maximum Gasteiger partial charge on any atom is 0.335 e. The number of halogens is 2. The number of phenols is 4. The number of aliphatic hydroxyl groups is 10. The SMILES string of the molecule is CC(=O)N[C@H]1[C@H](O[C@@H]2c3ccc(c(Cl)c3)Oc3cc4cc(c3O[C@@H]3O[C@H](CO)[C@@H](O)[C@H](O)[C@H]3NC(=O)CCCCCCCC(C)C)Oc3ccc(cc3Cl)C[C@H]3NC(=O)[C@H](N)c5ccc(O)c(c5)Oc5cc(O)cc(c5)[C@H](NC3=O)C(=O)N[C@H]4C(=O)N[C@H]3C(=O)N[C@@H]2C(=O)N[C@@H](C(=O)SCCCC(C=O)P(=O)(O)O)c2cc(O)cc(O[C@H]4O[C@H](CO)[C@@H](O)[C@H](O)[C@@H]4O)c2-c2cc3ccc2O)O[C@H](CO)[C@@H](O)[C@@H]1O. The van der Waals surface area contributed by atoms with Crippen molar-refractivity contribution < 1.29 is 176 Å². The number of benzene rings is 7. The van der Waals surface area contributed by atoms with Crippen molar-refractivity contribution in [3.8, 4) is 80.1 Å². The maximum absolute atomic E-state index is 17.2. The molecule has 26 N–H and O–H groups in total. The fourth-order valence-corrected chi connectivity index (χ4v) is 19.5. The number of aliphatic hydroxyl groups excluding tert-OH is 10. The summed E-state index contributed by atoms with van der Waals surface area (Å²) in [4.78, 5) is 174. The molecule has 0 aliphatic carbocycles. The van der Waals surface area contributed by atoms with Gasteiger partial charge in [0.05, 0.1) is 29.9 Å². The Morgan fingerprint density at radius 2 is 1.09 bits per heavy atom. The van der Waals surface area contributed by atoms with E-state index in [9.17, 15) is 105 Å². The van der Waals surface area contributed by atoms with E-state index >= 15 is 28.8 Å². The van der Waals surface area contributed by atoms with Gasteiger partial charge in [-0.2, -0.15) is 0 Å². The molecule has 1 unspecified atom stereocenters. The van der Waals surface area contributed by atoms with Crippen LogP contribution in [0.2, 0.25) is 10.0 Å². The van der Waals surface area contributed by atoms with Crippen molar-refractivity contribution in [3.05, 3.63) is 164 Å². The Morgan fingerprint density at radius 3 is 1.72 bits per heavy atom. The van der Waals surface area contributed by atoms with E-state index in [2.05, 4.69) is 56.4 Å². The van der Waals surface area contributed by atoms with Gasteiger partial charge in [-0.05, 0) is 143 Å². The van der Waals surface area contributed by atoms with Crippen molar-refractivity contribution in [2.75, 3.05) is 25.6 Å². The summed E-state index contributed by atoms with van der Waals surface area (Å²) in [5.74, 6) is -17.9. The number of carbonyl (C=O) groups is 10. The van der Waals surface area contributed by atoms with Gasteiger partial charge < -0.3 is 177 Å². The maximum atomic E-state index is 17.2. The first-order chi connectivity index (χ1) is 68.0. The van der Waals surface area contributed by atoms with Gasteiger partial charge in [-0.1, -0.05) is 105 Å². The molecule has 770 valence electrons. The molecule has 8 amide bonds. The van der Waals surface area contributed by atoms with Gasteiger partial charge >= 0.3 is 7.60 Å². The highest BCUT2D eigenvalue weighted by Gasteiger charge is 2.53. The minimum atomic E-state index is -5.14. The van der Waals surface area contributed by atoms with Gasteiger partial charge in [0.25, 0.3) is 0 Å². The molecule has 9 aliphatic rings. The first-order valence-electron chi connectivity index (χ1n) is 45.5. The summed E-state index contributed by atoms with van der Waals surface area (Å²) in [5, 5.41) is 180. The lowest BCUT2D eigenvalue weighted by molar-refractivity contribution is -0.284. The second-order valence-corrected chi connectivity index (χ2v) is 39.6. The molecular formula is C94H108Cl2N9O36PS. The third-order valence-corrected chi connectivity index (χ3v) is 27.9. The van der Waals surface area contributed by atoms with Crippen molar-refractivity contribution in [2.45, 2.75) is 231 Å². The highest BCUT2D eigenvalue weighted by atomic mass is 35.5. The number of ether oxygens (including phenoxy) is 9. The van der Waals surface area contributed by atoms with Gasteiger partial charge in [0, 0.05) is 48.8 Å². The van der Waals surface area contributed by atoms with Gasteiger partial charge in [-0.25, -0.2) is 0 Å². The minimum absolute atomic E-state index is 0.00627. The Morgan fingerprint density at radius 1 is 0.531 bits per heavy atom. The van der Waals surface area contributed by atoms with Crippen LogP contribution < -0.4 is 72.0 Å². The number of phenolic OH excluding ortho intramolecular Hbond substituents is 4. The van der Waals surface area contributed by atoms with Crippen molar-refractivity contribution in [2.24, 2.45) is 11.7 Å². The Bertz CT molecular complexity index is 5990. The summed E-state index contributed by atoms with van der Waals surface area (Å²) in [6.07, 6.45) is -26.4. The number of amides is 8. The highest BCUT2D eigenvalue weighted by molar-refractivity contribution is 8.13. The quantitative estimate of drug-likeness (QED) is 0.0210. The molecule has 45 nitrogen and oxygen atoms in total. The molecule has 16 rings (SSSR count). The van der Waals surface area contributed by atoms with Crippen LogP contribution in [0.3, 0.4) is 0 Å². The van der Waals surface area contributed by atoms with E-state index in [1.165, 1.54) is 30.3 Å². The zero-order chi connectivity index (χ0) is 103. The number of thioether (sulfide) groups is 1. The van der Waals surface area contributed by atoms with Crippen molar-refractivity contribution in [3.63, 3.8) is 0 Å². The Kier molecular flexibility index (Phi) is 34.6. The summed E-state index contributed by atoms with van der Waals surface area (Å²) in [7, 11) is -5.14. The number of hydrogen-bond donors (Lipinski definition) is 25. The van der Waals surface area contributed by atoms with Crippen LogP contribution in [0.4, 0.5) is 0 Å². The largest absolute Gasteiger partial charge is 0.508 e. The number of nitrogens with two attached hydrogens (primary N) is 1. The molecule has 3 saturated heterocycles. The molecule has 0 saturated carbocycles. The summed E-state index contributed by atoms with van der Waals surface area (Å²) in [6.45, 7) is 1.92. The molecule has 9 heterocycles. The number of unbranched alkanes of at least 4 members (excludes halogenated alkanes) is 4. The number of fused-ring (bicyclic) bond motifs is 14. The summed E-state index contributed by atoms with van der Waals surface area (Å²) in [5.41, 5.74) is 0.907. The van der Waals surface area contributed by atoms with E-state index in [-0.39, 0.29) is 52.5 Å². The van der Waals surface area contributed by atoms with Crippen LogP contribution in [0.5, 0.6) is 69.0 Å². The van der Waals surface area contributed by atoms with E-state index in [0.29, 0.717) is 30.5 Å². The van der Waals surface area contributed by atoms with Crippen LogP contribution in [0.15, 0.2) is 115 Å². The van der Waals surface area contributed by atoms with Gasteiger partial charge in [0.15, 0.2) is 29.3 Å². The second kappa shape index (κ2) is 46.1. The van der Waals surface area contributed by atoms with Crippen LogP contribution in [-0.4, -0.2) is 275 Å². The van der Waals surface area contributed by atoms with Gasteiger partial charge in [0.1, 0.15) is 174 Å². The first-order valence-corrected chi connectivity index (χ1v) is 49.0. The third kappa shape index (κ3) is 24.6. The van der Waals surface area contributed by atoms with E-state index in [0.717, 1.165) is 118 Å². The molecule has 24 atom stereocenters. The smallest absolute Gasteiger partial charge is 0.335 e. The van der Waals surface area contributed by atoms with Crippen molar-refractivity contribution in [1.82, 2.24) is 42.5 Å². The topological polar surface area (TPSA) is 717 Å². The van der Waals surface area contributed by atoms with E-state index in [1.807, 2.05) is 0 Å². The molecule has 7 aromatic rings. The number of aromatic hydroxyl groups is 4. The van der Waals surface area contributed by atoms with Crippen LogP contribution >= 0.6 is 42.6 Å². The second-order valence-electron chi connectivity index (χ2n) is 35.8. The molecular weight excluding hydrogens is 1970 g/mol. The van der Waals surface area contributed by atoms with E-state index in [4.69, 9.17) is 71.6 Å². The van der Waals surface area contributed by atoms with Crippen LogP contribution in [-0.2, 0) is 77.9 Å². The monoisotopic (exact) mass is 2070 g/mol. The third-order valence-electron chi connectivity index (χ3n) is 25.1. The number of aldehydes is 1. The van der Waals surface area contributed by atoms with Crippen molar-refractivity contribution >= 4 is 101 Å². The van der Waals surface area contributed by atoms with Gasteiger partial charge in [-0.3, -0.25) is 47.7 Å². The molecule has 3 fully saturated rings. The lowest BCUT2D eigenvalue weighted by Gasteiger charge is -2.44. The number of rotatable bonds is 26. The molecule has 17 bridgehead atoms. The molecule has 0 aromatic heterocycles. The molecule has 0 spiro atoms. The summed E-state index contributed by atoms with van der Waals surface area (Å²) >= 11 is 15.2. The van der Waals surface area contributed by atoms with Crippen LogP contribution in [0.25, 0.3) is 11.1 Å². The zero-order valence-corrected chi connectivity index (χ0v) is 79.6. The molecule has 9 aliphatic heterocycles. The predicted octanol–water partition coefficient (Wildman–Crippen LogP) is 2.11. The minimum Gasteiger partial charge on any atom is -0.508 e. The average Bonchev–Trinajstić information content (AvgIpc) is 0.757. The Balaban J connectivity index is 1.04. The number of hydrogen-bond acceptors (Lipinski definition) is 36. The highest BCUT2D eigenvalue weighted by Crippen LogP contribution is 2.52. The standard InChI is InChI=1S/C94H108Cl2N9O36PS/c1-38(2)10-7-5-4-6-8-12-66(115)100-74-80(120)77(117)64(36-108)138-93(74)141-84-61-29-45-30-62(84)135-58-20-16-43(27-53(58)96)83(140-92-73(98-39(3)110)79(119)76(116)63(35-107)137-92)75-90(128)104-72(91(129)143-21-9-11-49(34-106)142(130,131)132)51-32-47(112)33-60(136-94-82(122)81(121)78(118)65(37-109)139-94)67(51)50-26-42(15-17-55(50)113)69(87(125)105-75)102-89(127)71(45)103-88(126)70-44-24-46(111)31-48(25-44)133-59-28-41(14-18-56(59)114)68(97)86(124)99-54(85(123)101-70)23-40-13-19-57(134-61)52(95)22-40/h13-20,22,24-34,38,49,54,63-65,68-83,92-94,107-109,111-114,116-122H,4-12,21,23,35-37,97H2,1-3H3,(H,98,110)(H,99,124)(H,100,115)(H,101,123)(H,102,127)(H,103,126)(H,104,128)(H,105,125)(H2,130,131,132)/t49?,54-,63-,64-,65-,68-,69-,70+,71-,72-,73-,74-,75+,76-,77-,78-,79-,80-,81+,82+,83-,92+,93+,94+/m1/s1. The lowest BCUT2D eigenvalue weighted by Crippen LogP contribution is -2.65. The van der Waals surface area contributed by atoms with Gasteiger partial charge in [-0.15, -0.1) is 0 Å². The lowest BCUT2D eigenvalue weighted by atomic mass is 9.89. The van der Waals surface area contributed by atoms with Gasteiger partial charge in [0.2, 0.25) is 70.7 Å². The fourth-order valence-electron chi connectivity index (χ4n) is 17.5. The molecule has 7 aromatic carbocycles. The van der Waals surface area contributed by atoms with E-state index < -0.39 is 340 Å². The van der Waals surface area contributed by atoms with Crippen molar-refractivity contribution in [1.29, 1.82) is 0 Å². The Hall–Kier alpha value is -11.7. The summed E-state index contributed by atoms with van der Waals surface area (Å²) in [6, 6.07) is 0.544. The molecule has 0 radical (unpaired) electrons. The predicted molar refractivity (Wildman–Crippen MR) is 499 cm³/mol. The van der Waals surface area contributed by atoms with Crippen LogP contribution in [0, 0.1) is 5.92 Å². The normalized spacial score (nSPS) is 27.9.